The van der Waals surface area contributed by atoms with Crippen LogP contribution in [0.4, 0.5) is 5.69 Å². The van der Waals surface area contributed by atoms with Crippen LogP contribution in [0.1, 0.15) is 16.8 Å². The highest BCUT2D eigenvalue weighted by Crippen LogP contribution is 2.22. The van der Waals surface area contributed by atoms with Crippen LogP contribution in [-0.4, -0.2) is 37.6 Å². The quantitative estimate of drug-likeness (QED) is 0.683. The van der Waals surface area contributed by atoms with E-state index >= 15 is 0 Å². The zero-order valence-corrected chi connectivity index (χ0v) is 11.6. The monoisotopic (exact) mass is 280 g/mol. The molecule has 2 N–H and O–H groups in total. The Kier molecular flexibility index (Phi) is 4.45. The van der Waals surface area contributed by atoms with Gasteiger partial charge < -0.3 is 15.4 Å². The first kappa shape index (κ1) is 13.9. The van der Waals surface area contributed by atoms with Gasteiger partial charge >= 0.3 is 0 Å². The van der Waals surface area contributed by atoms with Crippen LogP contribution in [0.25, 0.3) is 0 Å². The zero-order valence-electron chi connectivity index (χ0n) is 10.9. The van der Waals surface area contributed by atoms with Gasteiger partial charge in [-0.1, -0.05) is 17.7 Å². The third-order valence-corrected chi connectivity index (χ3v) is 3.47. The van der Waals surface area contributed by atoms with Gasteiger partial charge in [0.15, 0.2) is 0 Å². The van der Waals surface area contributed by atoms with Crippen molar-refractivity contribution in [1.82, 2.24) is 4.90 Å². The van der Waals surface area contributed by atoms with E-state index < -0.39 is 0 Å². The van der Waals surface area contributed by atoms with Crippen molar-refractivity contribution >= 4 is 23.2 Å². The van der Waals surface area contributed by atoms with Gasteiger partial charge in [-0.05, 0) is 30.2 Å². The van der Waals surface area contributed by atoms with Gasteiger partial charge in [0.25, 0.3) is 5.91 Å². The van der Waals surface area contributed by atoms with Gasteiger partial charge in [0.2, 0.25) is 0 Å². The van der Waals surface area contributed by atoms with Crippen LogP contribution in [0.5, 0.6) is 0 Å². The lowest BCUT2D eigenvalue weighted by atomic mass is 10.1. The molecule has 1 aliphatic rings. The van der Waals surface area contributed by atoms with Gasteiger partial charge in [-0.2, -0.15) is 0 Å². The van der Waals surface area contributed by atoms with Crippen LogP contribution in [0.2, 0.25) is 5.02 Å². The molecule has 0 aromatic heterocycles. The van der Waals surface area contributed by atoms with E-state index in [-0.39, 0.29) is 5.91 Å². The summed E-state index contributed by atoms with van der Waals surface area (Å²) < 4.78 is 5.09. The lowest BCUT2D eigenvalue weighted by molar-refractivity contribution is 0.0765. The van der Waals surface area contributed by atoms with Crippen LogP contribution in [0, 0.1) is 0 Å². The van der Waals surface area contributed by atoms with E-state index in [4.69, 9.17) is 22.1 Å². The van der Waals surface area contributed by atoms with E-state index in [2.05, 4.69) is 0 Å². The molecule has 0 bridgehead atoms. The van der Waals surface area contributed by atoms with E-state index in [1.54, 1.807) is 30.2 Å². The number of nitrogens with two attached hydrogens (primary N) is 1. The Balaban J connectivity index is 2.11. The molecular weight excluding hydrogens is 264 g/mol. The van der Waals surface area contributed by atoms with E-state index in [0.29, 0.717) is 36.0 Å². The number of benzene rings is 1. The zero-order chi connectivity index (χ0) is 13.8. The van der Waals surface area contributed by atoms with Gasteiger partial charge in [-0.15, -0.1) is 0 Å². The second-order valence-corrected chi connectivity index (χ2v) is 4.94. The Labute approximate surface area is 117 Å². The van der Waals surface area contributed by atoms with Crippen molar-refractivity contribution < 1.29 is 9.53 Å². The molecule has 2 rings (SSSR count). The van der Waals surface area contributed by atoms with Crippen molar-refractivity contribution in [2.45, 2.75) is 6.42 Å². The number of nitrogens with zero attached hydrogens (tertiary/aromatic N) is 1. The van der Waals surface area contributed by atoms with Crippen LogP contribution in [0.3, 0.4) is 0 Å². The molecule has 1 aromatic rings. The lowest BCUT2D eigenvalue weighted by Gasteiger charge is -2.26. The minimum Gasteiger partial charge on any atom is -0.399 e. The second kappa shape index (κ2) is 6.08. The van der Waals surface area contributed by atoms with Crippen LogP contribution in [0.15, 0.2) is 29.8 Å². The number of rotatable bonds is 3. The molecule has 102 valence electrons. The molecule has 0 spiro atoms. The molecule has 0 radical (unpaired) electrons. The summed E-state index contributed by atoms with van der Waals surface area (Å²) in [5, 5.41) is 0.436. The molecule has 1 aliphatic heterocycles. The average molecular weight is 281 g/mol. The molecule has 0 unspecified atom stereocenters. The van der Waals surface area contributed by atoms with Gasteiger partial charge in [0, 0.05) is 25.9 Å². The van der Waals surface area contributed by atoms with Gasteiger partial charge in [0.05, 0.1) is 17.2 Å². The highest BCUT2D eigenvalue weighted by atomic mass is 35.5. The van der Waals surface area contributed by atoms with E-state index in [0.717, 1.165) is 6.42 Å². The van der Waals surface area contributed by atoms with Crippen molar-refractivity contribution in [2.24, 2.45) is 0 Å². The normalized spacial score (nSPS) is 15.3. The third-order valence-electron chi connectivity index (χ3n) is 3.14. The van der Waals surface area contributed by atoms with Crippen molar-refractivity contribution in [3.63, 3.8) is 0 Å². The molecule has 0 atom stereocenters. The van der Waals surface area contributed by atoms with Gasteiger partial charge in [0.1, 0.15) is 0 Å². The minimum atomic E-state index is -0.0787. The Hall–Kier alpha value is -1.52. The molecule has 1 aromatic carbocycles. The predicted octanol–water partition coefficient (Wildman–Crippen LogP) is 2.34. The fraction of sp³-hybridized carbons (Fsp3) is 0.357. The number of methoxy groups -OCH3 is 1. The molecule has 0 saturated heterocycles. The van der Waals surface area contributed by atoms with Crippen LogP contribution < -0.4 is 5.73 Å². The number of nitrogen functional groups attached to an aromatic ring is 1. The molecule has 0 aliphatic carbocycles. The Morgan fingerprint density at radius 2 is 2.32 bits per heavy atom. The summed E-state index contributed by atoms with van der Waals surface area (Å²) >= 11 is 6.05. The summed E-state index contributed by atoms with van der Waals surface area (Å²) in [5.41, 5.74) is 7.93. The molecule has 1 heterocycles. The number of halogens is 1. The topological polar surface area (TPSA) is 55.6 Å². The third kappa shape index (κ3) is 3.28. The number of hydrogen-bond donors (Lipinski definition) is 1. The van der Waals surface area contributed by atoms with E-state index in [1.165, 1.54) is 5.57 Å². The Bertz CT molecular complexity index is 514. The maximum absolute atomic E-state index is 12.4. The van der Waals surface area contributed by atoms with Crippen molar-refractivity contribution in [3.8, 4) is 0 Å². The maximum Gasteiger partial charge on any atom is 0.255 e. The maximum atomic E-state index is 12.4. The lowest BCUT2D eigenvalue weighted by Crippen LogP contribution is -2.35. The molecule has 0 fully saturated rings. The second-order valence-electron chi connectivity index (χ2n) is 4.54. The Morgan fingerprint density at radius 1 is 1.53 bits per heavy atom. The smallest absolute Gasteiger partial charge is 0.255 e. The minimum absolute atomic E-state index is 0.0787. The van der Waals surface area contributed by atoms with Gasteiger partial charge in [-0.3, -0.25) is 4.79 Å². The number of hydrogen-bond acceptors (Lipinski definition) is 3. The highest BCUT2D eigenvalue weighted by Gasteiger charge is 2.20. The molecule has 19 heavy (non-hydrogen) atoms. The van der Waals surface area contributed by atoms with Gasteiger partial charge in [-0.25, -0.2) is 0 Å². The SMILES string of the molecule is COCC1=CCN(C(=O)c2cc(N)ccc2Cl)CC1. The first-order valence-corrected chi connectivity index (χ1v) is 6.50. The summed E-state index contributed by atoms with van der Waals surface area (Å²) in [7, 11) is 1.67. The number of anilines is 1. The summed E-state index contributed by atoms with van der Waals surface area (Å²) in [5.74, 6) is -0.0787. The van der Waals surface area contributed by atoms with Crippen molar-refractivity contribution in [2.75, 3.05) is 32.5 Å². The first-order valence-electron chi connectivity index (χ1n) is 6.13. The highest BCUT2D eigenvalue weighted by molar-refractivity contribution is 6.34. The molecular formula is C14H17ClN2O2. The predicted molar refractivity (Wildman–Crippen MR) is 76.3 cm³/mol. The van der Waals surface area contributed by atoms with Crippen LogP contribution >= 0.6 is 11.6 Å². The largest absolute Gasteiger partial charge is 0.399 e. The number of carbonyl (C=O) groups excluding carboxylic acids is 1. The van der Waals surface area contributed by atoms with Crippen molar-refractivity contribution in [3.05, 3.63) is 40.4 Å². The molecule has 4 nitrogen and oxygen atoms in total. The molecule has 1 amide bonds. The fourth-order valence-corrected chi connectivity index (χ4v) is 2.29. The summed E-state index contributed by atoms with van der Waals surface area (Å²) in [6, 6.07) is 4.96. The first-order chi connectivity index (χ1) is 9.11. The standard InChI is InChI=1S/C14H17ClN2O2/c1-19-9-10-4-6-17(7-5-10)14(18)12-8-11(16)2-3-13(12)15/h2-4,8H,5-7,9,16H2,1H3. The summed E-state index contributed by atoms with van der Waals surface area (Å²) in [6.45, 7) is 1.89. The van der Waals surface area contributed by atoms with Crippen LogP contribution in [-0.2, 0) is 4.74 Å². The Morgan fingerprint density at radius 3 is 2.95 bits per heavy atom. The number of amides is 1. The van der Waals surface area contributed by atoms with E-state index in [9.17, 15) is 4.79 Å². The van der Waals surface area contributed by atoms with Crippen molar-refractivity contribution in [1.29, 1.82) is 0 Å². The fourth-order valence-electron chi connectivity index (χ4n) is 2.09. The molecule has 5 heteroatoms. The summed E-state index contributed by atoms with van der Waals surface area (Å²) in [4.78, 5) is 14.1. The summed E-state index contributed by atoms with van der Waals surface area (Å²) in [6.07, 6.45) is 2.87. The van der Waals surface area contributed by atoms with E-state index in [1.807, 2.05) is 6.08 Å². The molecule has 0 saturated carbocycles. The average Bonchev–Trinajstić information content (AvgIpc) is 2.42. The number of carbonyl (C=O) groups is 1. The number of ether oxygens (including phenoxy) is 1.